The molecule has 42 heavy (non-hydrogen) atoms. The lowest BCUT2D eigenvalue weighted by molar-refractivity contribution is 1.18. The predicted molar refractivity (Wildman–Crippen MR) is 174 cm³/mol. The highest BCUT2D eigenvalue weighted by molar-refractivity contribution is 7.26. The van der Waals surface area contributed by atoms with Gasteiger partial charge < -0.3 is 4.57 Å². The minimum atomic E-state index is 0.601. The van der Waals surface area contributed by atoms with Gasteiger partial charge in [0.15, 0.2) is 0 Å². The van der Waals surface area contributed by atoms with Gasteiger partial charge in [0, 0.05) is 36.6 Å². The zero-order chi connectivity index (χ0) is 28.2. The predicted octanol–water partition coefficient (Wildman–Crippen LogP) is 10.2. The fourth-order valence-corrected chi connectivity index (χ4v) is 7.33. The quantitative estimate of drug-likeness (QED) is 0.219. The maximum absolute atomic E-state index is 10.1. The molecule has 0 N–H and O–H groups in total. The lowest BCUT2D eigenvalue weighted by Gasteiger charge is -2.12. The standard InChI is InChI=1S/C38H21N3S/c39-22-24-13-15-36-33(19-24)31-9-4-5-12-35(31)41(36)29-18-25(23-40)17-28(20-29)27-14-16-37-34(21-27)32-11-6-10-30(38(32)42-37)26-7-2-1-3-8-26/h1-21H. The van der Waals surface area contributed by atoms with Crippen molar-refractivity contribution in [1.29, 1.82) is 10.5 Å². The van der Waals surface area contributed by atoms with Gasteiger partial charge in [-0.2, -0.15) is 10.5 Å². The summed E-state index contributed by atoms with van der Waals surface area (Å²) in [6.45, 7) is 0. The minimum Gasteiger partial charge on any atom is -0.309 e. The van der Waals surface area contributed by atoms with Crippen LogP contribution in [0.25, 0.3) is 69.9 Å². The number of para-hydroxylation sites is 1. The van der Waals surface area contributed by atoms with Gasteiger partial charge in [0.25, 0.3) is 0 Å². The van der Waals surface area contributed by atoms with Gasteiger partial charge >= 0.3 is 0 Å². The molecule has 0 aliphatic heterocycles. The molecule has 0 atom stereocenters. The van der Waals surface area contributed by atoms with E-state index in [2.05, 4.69) is 95.6 Å². The molecule has 0 fully saturated rings. The van der Waals surface area contributed by atoms with Crippen LogP contribution in [0, 0.1) is 22.7 Å². The van der Waals surface area contributed by atoms with Gasteiger partial charge in [-0.25, -0.2) is 0 Å². The highest BCUT2D eigenvalue weighted by Crippen LogP contribution is 2.42. The van der Waals surface area contributed by atoms with Crippen LogP contribution < -0.4 is 0 Å². The van der Waals surface area contributed by atoms with E-state index in [-0.39, 0.29) is 0 Å². The highest BCUT2D eigenvalue weighted by atomic mass is 32.1. The monoisotopic (exact) mass is 551 g/mol. The fraction of sp³-hybridized carbons (Fsp3) is 0. The Morgan fingerprint density at radius 1 is 0.500 bits per heavy atom. The summed E-state index contributed by atoms with van der Waals surface area (Å²) in [6.07, 6.45) is 0. The lowest BCUT2D eigenvalue weighted by Crippen LogP contribution is -1.96. The number of nitriles is 2. The molecule has 0 amide bonds. The van der Waals surface area contributed by atoms with E-state index in [0.717, 1.165) is 38.6 Å². The first kappa shape index (κ1) is 24.1. The summed E-state index contributed by atoms with van der Waals surface area (Å²) in [7, 11) is 0. The number of rotatable bonds is 3. The number of hydrogen-bond acceptors (Lipinski definition) is 3. The second kappa shape index (κ2) is 9.46. The number of nitrogens with zero attached hydrogens (tertiary/aromatic N) is 3. The molecule has 0 bridgehead atoms. The average Bonchev–Trinajstić information content (AvgIpc) is 3.60. The van der Waals surface area contributed by atoms with Gasteiger partial charge in [0.2, 0.25) is 0 Å². The molecular weight excluding hydrogens is 531 g/mol. The molecule has 3 nitrogen and oxygen atoms in total. The van der Waals surface area contributed by atoms with Crippen molar-refractivity contribution in [1.82, 2.24) is 4.57 Å². The molecule has 194 valence electrons. The molecule has 2 heterocycles. The number of benzene rings is 6. The van der Waals surface area contributed by atoms with Gasteiger partial charge in [-0.3, -0.25) is 0 Å². The van der Waals surface area contributed by atoms with E-state index in [4.69, 9.17) is 0 Å². The third-order valence-electron chi connectivity index (χ3n) is 8.02. The second-order valence-electron chi connectivity index (χ2n) is 10.4. The molecule has 6 aromatic carbocycles. The molecule has 0 unspecified atom stereocenters. The van der Waals surface area contributed by atoms with Crippen molar-refractivity contribution in [3.05, 3.63) is 139 Å². The number of fused-ring (bicyclic) bond motifs is 6. The van der Waals surface area contributed by atoms with Gasteiger partial charge in [-0.15, -0.1) is 11.3 Å². The van der Waals surface area contributed by atoms with Gasteiger partial charge in [0.1, 0.15) is 0 Å². The Bertz CT molecular complexity index is 2430. The van der Waals surface area contributed by atoms with Crippen molar-refractivity contribution in [2.24, 2.45) is 0 Å². The van der Waals surface area contributed by atoms with Crippen molar-refractivity contribution in [3.8, 4) is 40.1 Å². The third-order valence-corrected chi connectivity index (χ3v) is 9.24. The molecule has 8 rings (SSSR count). The molecular formula is C38H21N3S. The zero-order valence-electron chi connectivity index (χ0n) is 22.4. The van der Waals surface area contributed by atoms with E-state index in [1.165, 1.54) is 31.3 Å². The van der Waals surface area contributed by atoms with Crippen molar-refractivity contribution in [2.75, 3.05) is 0 Å². The van der Waals surface area contributed by atoms with Crippen LogP contribution in [0.3, 0.4) is 0 Å². The Balaban J connectivity index is 1.34. The molecule has 0 aliphatic rings. The summed E-state index contributed by atoms with van der Waals surface area (Å²) in [5, 5.41) is 24.1. The Hall–Kier alpha value is -5.68. The number of thiophene rings is 1. The second-order valence-corrected chi connectivity index (χ2v) is 11.5. The van der Waals surface area contributed by atoms with Gasteiger partial charge in [0.05, 0.1) is 34.3 Å². The van der Waals surface area contributed by atoms with Crippen LogP contribution in [0.2, 0.25) is 0 Å². The average molecular weight is 552 g/mol. The Morgan fingerprint density at radius 3 is 2.14 bits per heavy atom. The zero-order valence-corrected chi connectivity index (χ0v) is 23.2. The van der Waals surface area contributed by atoms with E-state index in [9.17, 15) is 10.5 Å². The van der Waals surface area contributed by atoms with Crippen LogP contribution in [-0.2, 0) is 0 Å². The van der Waals surface area contributed by atoms with Crippen LogP contribution in [0.5, 0.6) is 0 Å². The van der Waals surface area contributed by atoms with Crippen molar-refractivity contribution >= 4 is 53.3 Å². The molecule has 0 radical (unpaired) electrons. The molecule has 4 heteroatoms. The van der Waals surface area contributed by atoms with E-state index >= 15 is 0 Å². The van der Waals surface area contributed by atoms with Crippen LogP contribution in [-0.4, -0.2) is 4.57 Å². The molecule has 8 aromatic rings. The highest BCUT2D eigenvalue weighted by Gasteiger charge is 2.16. The Morgan fingerprint density at radius 2 is 1.29 bits per heavy atom. The van der Waals surface area contributed by atoms with Crippen LogP contribution >= 0.6 is 11.3 Å². The number of aromatic nitrogens is 1. The molecule has 0 aliphatic carbocycles. The third kappa shape index (κ3) is 3.71. The minimum absolute atomic E-state index is 0.601. The van der Waals surface area contributed by atoms with Crippen molar-refractivity contribution in [3.63, 3.8) is 0 Å². The maximum atomic E-state index is 10.1. The molecule has 0 spiro atoms. The fourth-order valence-electron chi connectivity index (χ4n) is 6.12. The first-order valence-electron chi connectivity index (χ1n) is 13.7. The summed E-state index contributed by atoms with van der Waals surface area (Å²) in [5.74, 6) is 0. The lowest BCUT2D eigenvalue weighted by atomic mass is 9.99. The van der Waals surface area contributed by atoms with E-state index < -0.39 is 0 Å². The molecule has 0 saturated heterocycles. The summed E-state index contributed by atoms with van der Waals surface area (Å²) in [5.41, 5.74) is 8.71. The molecule has 2 aromatic heterocycles. The number of hydrogen-bond donors (Lipinski definition) is 0. The first-order chi connectivity index (χ1) is 20.7. The van der Waals surface area contributed by atoms with Crippen LogP contribution in [0.1, 0.15) is 11.1 Å². The van der Waals surface area contributed by atoms with Gasteiger partial charge in [-0.1, -0.05) is 72.8 Å². The van der Waals surface area contributed by atoms with Crippen molar-refractivity contribution in [2.45, 2.75) is 0 Å². The summed E-state index contributed by atoms with van der Waals surface area (Å²) in [6, 6.07) is 48.4. The maximum Gasteiger partial charge on any atom is 0.0992 e. The van der Waals surface area contributed by atoms with Gasteiger partial charge in [-0.05, 0) is 76.9 Å². The van der Waals surface area contributed by atoms with E-state index in [1.807, 2.05) is 59.9 Å². The van der Waals surface area contributed by atoms with Crippen LogP contribution in [0.15, 0.2) is 127 Å². The Labute approximate surface area is 246 Å². The Kier molecular flexibility index (Phi) is 5.44. The van der Waals surface area contributed by atoms with Crippen molar-refractivity contribution < 1.29 is 0 Å². The summed E-state index contributed by atoms with van der Waals surface area (Å²) >= 11 is 1.82. The van der Waals surface area contributed by atoms with E-state index in [0.29, 0.717) is 11.1 Å². The first-order valence-corrected chi connectivity index (χ1v) is 14.5. The summed E-state index contributed by atoms with van der Waals surface area (Å²) < 4.78 is 4.72. The normalized spacial score (nSPS) is 11.3. The topological polar surface area (TPSA) is 52.5 Å². The smallest absolute Gasteiger partial charge is 0.0992 e. The molecule has 0 saturated carbocycles. The van der Waals surface area contributed by atoms with E-state index in [1.54, 1.807) is 0 Å². The SMILES string of the molecule is N#Cc1cc(-c2ccc3sc4c(-c5ccccc5)cccc4c3c2)cc(-n2c3ccccc3c3cc(C#N)ccc32)c1. The van der Waals surface area contributed by atoms with Crippen LogP contribution in [0.4, 0.5) is 0 Å². The summed E-state index contributed by atoms with van der Waals surface area (Å²) in [4.78, 5) is 0. The largest absolute Gasteiger partial charge is 0.309 e.